The second-order valence-corrected chi connectivity index (χ2v) is 3.75. The summed E-state index contributed by atoms with van der Waals surface area (Å²) in [4.78, 5) is 11.8. The molecule has 0 fully saturated rings. The van der Waals surface area contributed by atoms with Crippen molar-refractivity contribution in [3.05, 3.63) is 34.9 Å². The fourth-order valence-corrected chi connectivity index (χ4v) is 1.44. The molecule has 0 spiro atoms. The Labute approximate surface area is 97.1 Å². The van der Waals surface area contributed by atoms with Gasteiger partial charge in [-0.1, -0.05) is 17.7 Å². The highest BCUT2D eigenvalue weighted by Gasteiger charge is 2.07. The maximum atomic E-state index is 11.8. The van der Waals surface area contributed by atoms with E-state index in [-0.39, 0.29) is 5.91 Å². The van der Waals surface area contributed by atoms with Gasteiger partial charge in [0.05, 0.1) is 0 Å². The monoisotopic (exact) mass is 215 g/mol. The number of amides is 1. The van der Waals surface area contributed by atoms with Crippen molar-refractivity contribution in [3.63, 3.8) is 0 Å². The van der Waals surface area contributed by atoms with E-state index in [0.29, 0.717) is 13.0 Å². The van der Waals surface area contributed by atoms with E-state index in [1.807, 2.05) is 32.0 Å². The lowest BCUT2D eigenvalue weighted by Crippen LogP contribution is -2.25. The van der Waals surface area contributed by atoms with Crippen LogP contribution in [0.25, 0.3) is 0 Å². The number of aryl methyl sites for hydroxylation is 2. The Hall–Kier alpha value is -1.75. The summed E-state index contributed by atoms with van der Waals surface area (Å²) in [6, 6.07) is 5.89. The maximum Gasteiger partial charge on any atom is 0.251 e. The smallest absolute Gasteiger partial charge is 0.251 e. The lowest BCUT2D eigenvalue weighted by molar-refractivity contribution is 0.0954. The largest absolute Gasteiger partial charge is 0.351 e. The first-order valence-electron chi connectivity index (χ1n) is 5.40. The third kappa shape index (κ3) is 3.43. The van der Waals surface area contributed by atoms with Crippen LogP contribution in [0.3, 0.4) is 0 Å². The van der Waals surface area contributed by atoms with Gasteiger partial charge in [0.25, 0.3) is 5.91 Å². The summed E-state index contributed by atoms with van der Waals surface area (Å²) in [5, 5.41) is 2.86. The van der Waals surface area contributed by atoms with Crippen molar-refractivity contribution >= 4 is 5.91 Å². The molecule has 0 aliphatic carbocycles. The Morgan fingerprint density at radius 1 is 1.38 bits per heavy atom. The molecule has 1 aromatic carbocycles. The second kappa shape index (κ2) is 5.97. The summed E-state index contributed by atoms with van der Waals surface area (Å²) in [6.07, 6.45) is 0.701. The van der Waals surface area contributed by atoms with Gasteiger partial charge in [-0.05, 0) is 32.4 Å². The van der Waals surface area contributed by atoms with Crippen molar-refractivity contribution in [1.29, 1.82) is 0 Å². The van der Waals surface area contributed by atoms with Gasteiger partial charge in [-0.2, -0.15) is 0 Å². The van der Waals surface area contributed by atoms with Crippen molar-refractivity contribution in [3.8, 4) is 11.8 Å². The van der Waals surface area contributed by atoms with Crippen LogP contribution >= 0.6 is 0 Å². The first-order chi connectivity index (χ1) is 7.65. The highest BCUT2D eigenvalue weighted by molar-refractivity contribution is 5.95. The summed E-state index contributed by atoms with van der Waals surface area (Å²) < 4.78 is 0. The Kier molecular flexibility index (Phi) is 4.60. The van der Waals surface area contributed by atoms with Gasteiger partial charge in [-0.15, -0.1) is 11.8 Å². The topological polar surface area (TPSA) is 29.1 Å². The lowest BCUT2D eigenvalue weighted by atomic mass is 10.1. The van der Waals surface area contributed by atoms with Gasteiger partial charge in [0.1, 0.15) is 0 Å². The predicted octanol–water partition coefficient (Wildman–Crippen LogP) is 2.45. The normalized spacial score (nSPS) is 9.19. The van der Waals surface area contributed by atoms with Gasteiger partial charge >= 0.3 is 0 Å². The number of hydrogen-bond acceptors (Lipinski definition) is 1. The van der Waals surface area contributed by atoms with E-state index in [9.17, 15) is 4.79 Å². The van der Waals surface area contributed by atoms with Crippen LogP contribution < -0.4 is 5.32 Å². The Bertz CT molecular complexity index is 438. The van der Waals surface area contributed by atoms with E-state index >= 15 is 0 Å². The minimum Gasteiger partial charge on any atom is -0.351 e. The number of carbonyl (C=O) groups excluding carboxylic acids is 1. The zero-order chi connectivity index (χ0) is 12.0. The highest BCUT2D eigenvalue weighted by Crippen LogP contribution is 2.10. The van der Waals surface area contributed by atoms with Gasteiger partial charge in [0.2, 0.25) is 0 Å². The summed E-state index contributed by atoms with van der Waals surface area (Å²) in [7, 11) is 0. The van der Waals surface area contributed by atoms with E-state index in [1.54, 1.807) is 6.92 Å². The van der Waals surface area contributed by atoms with Crippen LogP contribution in [0.2, 0.25) is 0 Å². The maximum absolute atomic E-state index is 11.8. The molecule has 0 radical (unpaired) electrons. The standard InChI is InChI=1S/C14H17NO/c1-4-5-6-9-15-14(16)13-10-11(2)7-8-12(13)3/h7-8,10H,6,9H2,1-3H3,(H,15,16). The van der Waals surface area contributed by atoms with Crippen molar-refractivity contribution in [2.75, 3.05) is 6.54 Å². The molecule has 0 aliphatic rings. The van der Waals surface area contributed by atoms with E-state index in [2.05, 4.69) is 17.2 Å². The van der Waals surface area contributed by atoms with Gasteiger partial charge in [-0.3, -0.25) is 4.79 Å². The minimum absolute atomic E-state index is 0.0147. The summed E-state index contributed by atoms with van der Waals surface area (Å²) in [5.74, 6) is 5.70. The molecule has 0 atom stereocenters. The summed E-state index contributed by atoms with van der Waals surface area (Å²) >= 11 is 0. The van der Waals surface area contributed by atoms with Crippen LogP contribution in [-0.4, -0.2) is 12.5 Å². The Morgan fingerprint density at radius 2 is 2.12 bits per heavy atom. The average molecular weight is 215 g/mol. The Balaban J connectivity index is 2.64. The third-order valence-corrected chi connectivity index (χ3v) is 2.35. The molecule has 1 rings (SSSR count). The molecule has 0 saturated carbocycles. The van der Waals surface area contributed by atoms with Gasteiger partial charge in [-0.25, -0.2) is 0 Å². The fourth-order valence-electron chi connectivity index (χ4n) is 1.44. The molecular weight excluding hydrogens is 198 g/mol. The predicted molar refractivity (Wildman–Crippen MR) is 66.3 cm³/mol. The molecule has 2 nitrogen and oxygen atoms in total. The summed E-state index contributed by atoms with van der Waals surface area (Å²) in [6.45, 7) is 6.33. The van der Waals surface area contributed by atoms with Crippen molar-refractivity contribution in [1.82, 2.24) is 5.32 Å². The van der Waals surface area contributed by atoms with Crippen molar-refractivity contribution in [2.24, 2.45) is 0 Å². The molecule has 0 aromatic heterocycles. The van der Waals surface area contributed by atoms with E-state index in [1.165, 1.54) is 0 Å². The molecule has 0 heterocycles. The van der Waals surface area contributed by atoms with Crippen LogP contribution in [0.15, 0.2) is 18.2 Å². The molecule has 1 N–H and O–H groups in total. The van der Waals surface area contributed by atoms with Crippen LogP contribution in [0.1, 0.15) is 34.8 Å². The molecule has 2 heteroatoms. The van der Waals surface area contributed by atoms with E-state index < -0.39 is 0 Å². The van der Waals surface area contributed by atoms with Gasteiger partial charge in [0, 0.05) is 18.5 Å². The van der Waals surface area contributed by atoms with Crippen LogP contribution in [0.5, 0.6) is 0 Å². The SMILES string of the molecule is CC#CCCNC(=O)c1cc(C)ccc1C. The molecule has 84 valence electrons. The zero-order valence-corrected chi connectivity index (χ0v) is 10.1. The number of rotatable bonds is 3. The molecular formula is C14H17NO. The van der Waals surface area contributed by atoms with Crippen molar-refractivity contribution < 1.29 is 4.79 Å². The molecule has 1 aromatic rings. The molecule has 0 saturated heterocycles. The number of carbonyl (C=O) groups is 1. The Morgan fingerprint density at radius 3 is 2.81 bits per heavy atom. The van der Waals surface area contributed by atoms with Crippen LogP contribution in [-0.2, 0) is 0 Å². The van der Waals surface area contributed by atoms with Crippen LogP contribution in [0, 0.1) is 25.7 Å². The van der Waals surface area contributed by atoms with E-state index in [4.69, 9.17) is 0 Å². The molecule has 16 heavy (non-hydrogen) atoms. The number of benzene rings is 1. The number of hydrogen-bond donors (Lipinski definition) is 1. The summed E-state index contributed by atoms with van der Waals surface area (Å²) in [5.41, 5.74) is 2.86. The van der Waals surface area contributed by atoms with Crippen LogP contribution in [0.4, 0.5) is 0 Å². The average Bonchev–Trinajstić information content (AvgIpc) is 2.27. The minimum atomic E-state index is -0.0147. The molecule has 1 amide bonds. The van der Waals surface area contributed by atoms with E-state index in [0.717, 1.165) is 16.7 Å². The highest BCUT2D eigenvalue weighted by atomic mass is 16.1. The quantitative estimate of drug-likeness (QED) is 0.609. The molecule has 0 bridgehead atoms. The molecule has 0 unspecified atom stereocenters. The van der Waals surface area contributed by atoms with Gasteiger partial charge < -0.3 is 5.32 Å². The first kappa shape index (κ1) is 12.3. The lowest BCUT2D eigenvalue weighted by Gasteiger charge is -2.07. The first-order valence-corrected chi connectivity index (χ1v) is 5.40. The molecule has 0 aliphatic heterocycles. The van der Waals surface area contributed by atoms with Crippen molar-refractivity contribution in [2.45, 2.75) is 27.2 Å². The third-order valence-electron chi connectivity index (χ3n) is 2.35. The second-order valence-electron chi connectivity index (χ2n) is 3.75. The zero-order valence-electron chi connectivity index (χ0n) is 10.1. The number of nitrogens with one attached hydrogen (secondary N) is 1. The fraction of sp³-hybridized carbons (Fsp3) is 0.357. The van der Waals surface area contributed by atoms with Gasteiger partial charge in [0.15, 0.2) is 0 Å².